The van der Waals surface area contributed by atoms with E-state index in [-0.39, 0.29) is 31.5 Å². The van der Waals surface area contributed by atoms with E-state index >= 15 is 0 Å². The molecule has 2 aromatic heterocycles. The van der Waals surface area contributed by atoms with Gasteiger partial charge in [-0.15, -0.1) is 0 Å². The van der Waals surface area contributed by atoms with Crippen LogP contribution in [0.5, 0.6) is 11.6 Å². The first-order valence-corrected chi connectivity index (χ1v) is 10.3. The van der Waals surface area contributed by atoms with E-state index < -0.39 is 0 Å². The molecule has 0 bridgehead atoms. The van der Waals surface area contributed by atoms with Crippen molar-refractivity contribution in [3.8, 4) is 11.6 Å². The fourth-order valence-electron chi connectivity index (χ4n) is 4.10. The monoisotopic (exact) mass is 435 g/mol. The Morgan fingerprint density at radius 1 is 1.17 bits per heavy atom. The minimum absolute atomic E-state index is 0. The largest absolute Gasteiger partial charge is 0.484 e. The van der Waals surface area contributed by atoms with Crippen LogP contribution in [0.2, 0.25) is 0 Å². The Morgan fingerprint density at radius 3 is 2.67 bits per heavy atom. The summed E-state index contributed by atoms with van der Waals surface area (Å²) < 4.78 is 31.8. The Hall–Kier alpha value is -1.90. The number of hydrogen-bond donors (Lipinski definition) is 0. The van der Waals surface area contributed by atoms with Crippen LogP contribution in [-0.4, -0.2) is 47.3 Å². The van der Waals surface area contributed by atoms with Crippen molar-refractivity contribution in [2.45, 2.75) is 52.4 Å². The van der Waals surface area contributed by atoms with Crippen molar-refractivity contribution in [3.63, 3.8) is 0 Å². The van der Waals surface area contributed by atoms with E-state index in [1.165, 1.54) is 6.07 Å². The molecule has 6 nitrogen and oxygen atoms in total. The van der Waals surface area contributed by atoms with Crippen molar-refractivity contribution < 1.29 is 18.6 Å². The number of likely N-dealkylation sites (tertiary alicyclic amines) is 1. The zero-order valence-corrected chi connectivity index (χ0v) is 18.8. The highest BCUT2D eigenvalue weighted by Gasteiger charge is 2.29. The van der Waals surface area contributed by atoms with Crippen LogP contribution in [0.25, 0.3) is 0 Å². The Morgan fingerprint density at radius 2 is 1.90 bits per heavy atom. The van der Waals surface area contributed by atoms with Crippen molar-refractivity contribution >= 4 is 13.5 Å². The average Bonchev–Trinajstić information content (AvgIpc) is 2.71. The molecule has 4 heterocycles. The number of rotatable bonds is 5. The zero-order valence-electron chi connectivity index (χ0n) is 17.8. The van der Waals surface area contributed by atoms with Crippen molar-refractivity contribution in [2.75, 3.05) is 26.3 Å². The summed E-state index contributed by atoms with van der Waals surface area (Å²) in [5.41, 5.74) is 3.54. The summed E-state index contributed by atoms with van der Waals surface area (Å²) in [5.74, 6) is 0.410. The van der Waals surface area contributed by atoms with Gasteiger partial charge in [0, 0.05) is 24.0 Å². The molecule has 0 radical (unpaired) electrons. The van der Waals surface area contributed by atoms with E-state index in [9.17, 15) is 4.39 Å². The molecule has 2 atom stereocenters. The molecule has 2 aliphatic heterocycles. The highest BCUT2D eigenvalue weighted by molar-refractivity contribution is 7.59. The minimum Gasteiger partial charge on any atom is -0.484 e. The quantitative estimate of drug-likeness (QED) is 0.711. The number of halogens is 1. The number of piperidine rings is 1. The second kappa shape index (κ2) is 9.94. The van der Waals surface area contributed by atoms with Crippen LogP contribution in [0.4, 0.5) is 4.39 Å². The van der Waals surface area contributed by atoms with Gasteiger partial charge in [-0.1, -0.05) is 0 Å². The van der Waals surface area contributed by atoms with Crippen LogP contribution < -0.4 is 9.47 Å². The van der Waals surface area contributed by atoms with E-state index in [1.807, 2.05) is 20.8 Å². The van der Waals surface area contributed by atoms with Crippen molar-refractivity contribution in [3.05, 3.63) is 46.7 Å². The van der Waals surface area contributed by atoms with Gasteiger partial charge in [0.1, 0.15) is 19.0 Å². The summed E-state index contributed by atoms with van der Waals surface area (Å²) in [6.45, 7) is 9.04. The molecule has 2 aromatic rings. The fraction of sp³-hybridized carbons (Fsp3) is 0.545. The Kier molecular flexibility index (Phi) is 7.55. The standard InChI is InChI=1S/C22H28FN3O3.H2S/c1-14-9-17(10-15(2)24-14)13-29-18-5-4-6-26(12-18)16(3)21-19(23)11-20-22(25-21)28-8-7-27-20;/h9-11,16,18H,4-8,12-13H2,1-3H3;1H2/t16-,18-;/m0./s1. The second-order valence-electron chi connectivity index (χ2n) is 7.86. The van der Waals surface area contributed by atoms with Gasteiger partial charge in [0.05, 0.1) is 24.4 Å². The van der Waals surface area contributed by atoms with Gasteiger partial charge in [-0.3, -0.25) is 9.88 Å². The summed E-state index contributed by atoms with van der Waals surface area (Å²) in [5, 5.41) is 0. The smallest absolute Gasteiger partial charge is 0.257 e. The molecule has 0 aromatic carbocycles. The molecular weight excluding hydrogens is 405 g/mol. The lowest BCUT2D eigenvalue weighted by atomic mass is 10.0. The number of aryl methyl sites for hydroxylation is 2. The van der Waals surface area contributed by atoms with Gasteiger partial charge in [-0.25, -0.2) is 9.37 Å². The Balaban J connectivity index is 0.00000256. The van der Waals surface area contributed by atoms with Gasteiger partial charge in [0.15, 0.2) is 5.75 Å². The van der Waals surface area contributed by atoms with Gasteiger partial charge in [0.25, 0.3) is 5.88 Å². The molecule has 1 fully saturated rings. The molecule has 0 saturated carbocycles. The number of nitrogens with zero attached hydrogens (tertiary/aromatic N) is 3. The van der Waals surface area contributed by atoms with E-state index in [2.05, 4.69) is 27.0 Å². The molecule has 0 N–H and O–H groups in total. The molecule has 2 aliphatic rings. The number of aromatic nitrogens is 2. The molecule has 30 heavy (non-hydrogen) atoms. The van der Waals surface area contributed by atoms with Gasteiger partial charge in [-0.2, -0.15) is 13.5 Å². The van der Waals surface area contributed by atoms with Crippen LogP contribution in [0.15, 0.2) is 18.2 Å². The van der Waals surface area contributed by atoms with Crippen LogP contribution in [0.3, 0.4) is 0 Å². The molecule has 164 valence electrons. The maximum Gasteiger partial charge on any atom is 0.257 e. The number of hydrogen-bond acceptors (Lipinski definition) is 6. The first kappa shape index (κ1) is 22.8. The molecule has 4 rings (SSSR count). The topological polar surface area (TPSA) is 56.7 Å². The second-order valence-corrected chi connectivity index (χ2v) is 7.86. The van der Waals surface area contributed by atoms with E-state index in [0.29, 0.717) is 37.1 Å². The third kappa shape index (κ3) is 5.22. The first-order chi connectivity index (χ1) is 14.0. The van der Waals surface area contributed by atoms with Crippen LogP contribution in [-0.2, 0) is 11.3 Å². The van der Waals surface area contributed by atoms with E-state index in [1.54, 1.807) is 0 Å². The van der Waals surface area contributed by atoms with Crippen LogP contribution in [0, 0.1) is 19.7 Å². The number of pyridine rings is 2. The maximum absolute atomic E-state index is 14.7. The normalized spacial score (nSPS) is 19.8. The van der Waals surface area contributed by atoms with Gasteiger partial charge in [0.2, 0.25) is 0 Å². The molecule has 8 heteroatoms. The minimum atomic E-state index is -0.354. The summed E-state index contributed by atoms with van der Waals surface area (Å²) in [6.07, 6.45) is 2.12. The van der Waals surface area contributed by atoms with Crippen LogP contribution in [0.1, 0.15) is 48.5 Å². The average molecular weight is 436 g/mol. The Labute approximate surface area is 184 Å². The van der Waals surface area contributed by atoms with Crippen molar-refractivity contribution in [1.82, 2.24) is 14.9 Å². The van der Waals surface area contributed by atoms with Gasteiger partial charge < -0.3 is 14.2 Å². The lowest BCUT2D eigenvalue weighted by molar-refractivity contribution is -0.0208. The zero-order chi connectivity index (χ0) is 20.4. The lowest BCUT2D eigenvalue weighted by Crippen LogP contribution is -2.41. The van der Waals surface area contributed by atoms with Gasteiger partial charge in [-0.05, 0) is 57.9 Å². The summed E-state index contributed by atoms with van der Waals surface area (Å²) in [7, 11) is 0. The highest BCUT2D eigenvalue weighted by Crippen LogP contribution is 2.34. The third-order valence-corrected chi connectivity index (χ3v) is 5.49. The number of ether oxygens (including phenoxy) is 3. The molecule has 0 aliphatic carbocycles. The molecule has 1 saturated heterocycles. The molecule has 0 spiro atoms. The van der Waals surface area contributed by atoms with E-state index in [4.69, 9.17) is 14.2 Å². The predicted molar refractivity (Wildman–Crippen MR) is 117 cm³/mol. The maximum atomic E-state index is 14.7. The first-order valence-electron chi connectivity index (χ1n) is 10.3. The van der Waals surface area contributed by atoms with E-state index in [0.717, 1.165) is 42.9 Å². The SMILES string of the molecule is Cc1cc(CO[C@H]2CCCN([C@@H](C)c3nc4c(cc3F)OCCO4)C2)cc(C)n1.S. The molecular formula is C22H30FN3O3S. The molecule has 0 unspecified atom stereocenters. The fourth-order valence-corrected chi connectivity index (χ4v) is 4.10. The lowest BCUT2D eigenvalue weighted by Gasteiger charge is -2.36. The third-order valence-electron chi connectivity index (χ3n) is 5.49. The van der Waals surface area contributed by atoms with Crippen molar-refractivity contribution in [2.24, 2.45) is 0 Å². The van der Waals surface area contributed by atoms with Crippen LogP contribution >= 0.6 is 13.5 Å². The predicted octanol–water partition coefficient (Wildman–Crippen LogP) is 3.86. The summed E-state index contributed by atoms with van der Waals surface area (Å²) in [6, 6.07) is 5.34. The van der Waals surface area contributed by atoms with Gasteiger partial charge >= 0.3 is 0 Å². The Bertz CT molecular complexity index is 863. The number of fused-ring (bicyclic) bond motifs is 1. The summed E-state index contributed by atoms with van der Waals surface area (Å²) >= 11 is 0. The van der Waals surface area contributed by atoms with Crippen molar-refractivity contribution in [1.29, 1.82) is 0 Å². The summed E-state index contributed by atoms with van der Waals surface area (Å²) in [4.78, 5) is 11.1. The highest BCUT2D eigenvalue weighted by atomic mass is 32.1. The molecule has 0 amide bonds.